The van der Waals surface area contributed by atoms with Crippen LogP contribution >= 0.6 is 0 Å². The first kappa shape index (κ1) is 20.2. The van der Waals surface area contributed by atoms with Crippen LogP contribution in [-0.4, -0.2) is 18.0 Å². The number of hydrogen-bond donors (Lipinski definition) is 1. The third-order valence-corrected chi connectivity index (χ3v) is 4.16. The van der Waals surface area contributed by atoms with Gasteiger partial charge in [-0.1, -0.05) is 44.2 Å². The van der Waals surface area contributed by atoms with Crippen molar-refractivity contribution >= 4 is 16.8 Å². The Labute approximate surface area is 158 Å². The second-order valence-corrected chi connectivity index (χ2v) is 5.88. The number of ketones is 1. The molecule has 5 nitrogen and oxygen atoms in total. The first-order valence-corrected chi connectivity index (χ1v) is 8.89. The van der Waals surface area contributed by atoms with Gasteiger partial charge in [-0.25, -0.2) is 4.79 Å². The van der Waals surface area contributed by atoms with Crippen molar-refractivity contribution in [3.8, 4) is 11.5 Å². The molecule has 27 heavy (non-hydrogen) atoms. The van der Waals surface area contributed by atoms with E-state index >= 15 is 0 Å². The summed E-state index contributed by atoms with van der Waals surface area (Å²) in [5.74, 6) is -0.293. The zero-order chi connectivity index (χ0) is 20.0. The van der Waals surface area contributed by atoms with Crippen LogP contribution in [0.3, 0.4) is 0 Å². The van der Waals surface area contributed by atoms with Gasteiger partial charge in [0.05, 0.1) is 18.1 Å². The Morgan fingerprint density at radius 2 is 1.81 bits per heavy atom. The zero-order valence-corrected chi connectivity index (χ0v) is 16.0. The van der Waals surface area contributed by atoms with E-state index in [4.69, 9.17) is 9.15 Å². The zero-order valence-electron chi connectivity index (χ0n) is 16.0. The third kappa shape index (κ3) is 4.37. The molecule has 0 saturated heterocycles. The number of Topliss-reactive ketones (excluding diaryl/α,β-unsaturated/α-hetero) is 1. The molecule has 3 rings (SSSR count). The van der Waals surface area contributed by atoms with Crippen molar-refractivity contribution in [2.24, 2.45) is 0 Å². The molecule has 1 aromatic heterocycles. The molecule has 0 saturated carbocycles. The lowest BCUT2D eigenvalue weighted by Crippen LogP contribution is -2.16. The van der Waals surface area contributed by atoms with E-state index in [9.17, 15) is 14.7 Å². The Balaban J connectivity index is 0.00000126. The van der Waals surface area contributed by atoms with Crippen molar-refractivity contribution in [2.45, 2.75) is 33.1 Å². The highest BCUT2D eigenvalue weighted by molar-refractivity contribution is 5.86. The average Bonchev–Trinajstić information content (AvgIpc) is 2.68. The highest BCUT2D eigenvalue weighted by atomic mass is 16.5. The van der Waals surface area contributed by atoms with Gasteiger partial charge in [-0.15, -0.1) is 0 Å². The van der Waals surface area contributed by atoms with Gasteiger partial charge in [-0.05, 0) is 24.6 Å². The number of aromatic hydroxyl groups is 1. The van der Waals surface area contributed by atoms with E-state index in [1.54, 1.807) is 18.2 Å². The van der Waals surface area contributed by atoms with E-state index in [-0.39, 0.29) is 29.1 Å². The number of carbonyl (C=O) groups excluding carboxylic acids is 1. The lowest BCUT2D eigenvalue weighted by Gasteiger charge is -2.17. The molecule has 3 aromatic rings. The van der Waals surface area contributed by atoms with Crippen LogP contribution in [0, 0.1) is 0 Å². The van der Waals surface area contributed by atoms with Gasteiger partial charge in [0.2, 0.25) is 0 Å². The van der Waals surface area contributed by atoms with Gasteiger partial charge in [0.1, 0.15) is 22.9 Å². The topological polar surface area (TPSA) is 76.7 Å². The average molecular weight is 368 g/mol. The number of rotatable bonds is 5. The summed E-state index contributed by atoms with van der Waals surface area (Å²) >= 11 is 0. The number of methoxy groups -OCH3 is 1. The SMILES string of the molecule is CC.COc1ccc2c(O)c(C(CC(C)=O)c3ccccc3)c(=O)oc2c1. The van der Waals surface area contributed by atoms with Crippen LogP contribution in [0.4, 0.5) is 0 Å². The summed E-state index contributed by atoms with van der Waals surface area (Å²) < 4.78 is 10.5. The highest BCUT2D eigenvalue weighted by Gasteiger charge is 2.26. The van der Waals surface area contributed by atoms with Gasteiger partial charge in [0, 0.05) is 18.4 Å². The second-order valence-electron chi connectivity index (χ2n) is 5.88. The summed E-state index contributed by atoms with van der Waals surface area (Å²) in [7, 11) is 1.51. The number of hydrogen-bond acceptors (Lipinski definition) is 5. The van der Waals surface area contributed by atoms with Crippen LogP contribution in [0.2, 0.25) is 0 Å². The molecule has 0 radical (unpaired) electrons. The lowest BCUT2D eigenvalue weighted by molar-refractivity contribution is -0.117. The first-order chi connectivity index (χ1) is 13.0. The number of benzene rings is 2. The maximum atomic E-state index is 12.6. The molecule has 5 heteroatoms. The summed E-state index contributed by atoms with van der Waals surface area (Å²) in [5.41, 5.74) is 0.445. The maximum absolute atomic E-state index is 12.6. The molecule has 0 aliphatic heterocycles. The molecule has 0 spiro atoms. The Morgan fingerprint density at radius 1 is 1.15 bits per heavy atom. The maximum Gasteiger partial charge on any atom is 0.343 e. The van der Waals surface area contributed by atoms with Crippen molar-refractivity contribution in [3.63, 3.8) is 0 Å². The van der Waals surface area contributed by atoms with Gasteiger partial charge in [-0.3, -0.25) is 4.79 Å². The van der Waals surface area contributed by atoms with Crippen molar-refractivity contribution in [1.82, 2.24) is 0 Å². The van der Waals surface area contributed by atoms with Crippen molar-refractivity contribution in [3.05, 3.63) is 70.1 Å². The smallest absolute Gasteiger partial charge is 0.343 e. The molecule has 0 aliphatic rings. The minimum absolute atomic E-state index is 0.0810. The normalized spacial score (nSPS) is 11.4. The molecule has 1 unspecified atom stereocenters. The highest BCUT2D eigenvalue weighted by Crippen LogP contribution is 2.37. The minimum atomic E-state index is -0.659. The van der Waals surface area contributed by atoms with Gasteiger partial charge in [0.25, 0.3) is 0 Å². The first-order valence-electron chi connectivity index (χ1n) is 8.89. The quantitative estimate of drug-likeness (QED) is 0.664. The van der Waals surface area contributed by atoms with Crippen LogP contribution in [0.15, 0.2) is 57.7 Å². The fourth-order valence-electron chi connectivity index (χ4n) is 2.97. The Kier molecular flexibility index (Phi) is 6.77. The van der Waals surface area contributed by atoms with E-state index in [1.807, 2.05) is 44.2 Å². The molecule has 2 aromatic carbocycles. The van der Waals surface area contributed by atoms with Crippen molar-refractivity contribution in [1.29, 1.82) is 0 Å². The molecule has 1 heterocycles. The van der Waals surface area contributed by atoms with Crippen molar-refractivity contribution in [2.75, 3.05) is 7.11 Å². The van der Waals surface area contributed by atoms with Crippen LogP contribution in [0.1, 0.15) is 44.2 Å². The molecular weight excluding hydrogens is 344 g/mol. The predicted molar refractivity (Wildman–Crippen MR) is 106 cm³/mol. The van der Waals surface area contributed by atoms with Gasteiger partial charge >= 0.3 is 5.63 Å². The monoisotopic (exact) mass is 368 g/mol. The molecule has 0 amide bonds. The number of carbonyl (C=O) groups is 1. The van der Waals surface area contributed by atoms with E-state index in [1.165, 1.54) is 14.0 Å². The standard InChI is InChI=1S/C20H18O5.C2H6/c1-12(21)10-16(13-6-4-3-5-7-13)18-19(22)15-9-8-14(24-2)11-17(15)25-20(18)23;1-2/h3-9,11,16,22H,10H2,1-2H3;1-2H3. The Hall–Kier alpha value is -3.08. The molecule has 1 N–H and O–H groups in total. The predicted octanol–water partition coefficient (Wildman–Crippen LogP) is 4.64. The fraction of sp³-hybridized carbons (Fsp3) is 0.273. The summed E-state index contributed by atoms with van der Waals surface area (Å²) in [5, 5.41) is 11.1. The summed E-state index contributed by atoms with van der Waals surface area (Å²) in [6, 6.07) is 14.0. The Bertz CT molecular complexity index is 973. The summed E-state index contributed by atoms with van der Waals surface area (Å²) in [4.78, 5) is 24.3. The van der Waals surface area contributed by atoms with Gasteiger partial charge in [0.15, 0.2) is 0 Å². The molecule has 142 valence electrons. The molecular formula is C22H24O5. The van der Waals surface area contributed by atoms with Crippen LogP contribution in [0.25, 0.3) is 11.0 Å². The van der Waals surface area contributed by atoms with Crippen LogP contribution < -0.4 is 10.4 Å². The van der Waals surface area contributed by atoms with Crippen LogP contribution in [-0.2, 0) is 4.79 Å². The molecule has 0 fully saturated rings. The van der Waals surface area contributed by atoms with Gasteiger partial charge < -0.3 is 14.3 Å². The van der Waals surface area contributed by atoms with E-state index in [0.717, 1.165) is 5.56 Å². The van der Waals surface area contributed by atoms with Crippen LogP contribution in [0.5, 0.6) is 11.5 Å². The third-order valence-electron chi connectivity index (χ3n) is 4.16. The summed E-state index contributed by atoms with van der Waals surface area (Å²) in [6.45, 7) is 5.46. The number of fused-ring (bicyclic) bond motifs is 1. The Morgan fingerprint density at radius 3 is 2.41 bits per heavy atom. The summed E-state index contributed by atoms with van der Waals surface area (Å²) in [6.07, 6.45) is 0.101. The molecule has 1 atom stereocenters. The van der Waals surface area contributed by atoms with E-state index < -0.39 is 11.5 Å². The van der Waals surface area contributed by atoms with Crippen molar-refractivity contribution < 1.29 is 19.1 Å². The molecule has 0 bridgehead atoms. The number of ether oxygens (including phenoxy) is 1. The van der Waals surface area contributed by atoms with Gasteiger partial charge in [-0.2, -0.15) is 0 Å². The lowest BCUT2D eigenvalue weighted by atomic mass is 9.87. The largest absolute Gasteiger partial charge is 0.507 e. The molecule has 0 aliphatic carbocycles. The fourth-order valence-corrected chi connectivity index (χ4v) is 2.97. The van der Waals surface area contributed by atoms with E-state index in [2.05, 4.69) is 0 Å². The minimum Gasteiger partial charge on any atom is -0.507 e. The second kappa shape index (κ2) is 9.03. The van der Waals surface area contributed by atoms with E-state index in [0.29, 0.717) is 11.1 Å².